The monoisotopic (exact) mass is 535 g/mol. The van der Waals surface area contributed by atoms with Gasteiger partial charge in [0.1, 0.15) is 11.1 Å². The molecular weight excluding hydrogens is 498 g/mol. The van der Waals surface area contributed by atoms with E-state index in [0.717, 1.165) is 35.8 Å². The number of rotatable bonds is 10. The standard InChI is InChI=1S/C29H37N5O3S/c1-29(2,3)27-31-32-28(38-27)30-24(35)14-15-25(36)34-18-16-33(17-19-34)20-21-37-26(22-10-6-4-7-11-22)23-12-8-5-9-13-23/h4-13,26H,14-21H2,1-3H3,(H,30,32,35). The molecule has 1 aliphatic rings. The summed E-state index contributed by atoms with van der Waals surface area (Å²) in [5.41, 5.74) is 2.16. The second-order valence-corrected chi connectivity index (χ2v) is 11.5. The van der Waals surface area contributed by atoms with Crippen LogP contribution in [0.3, 0.4) is 0 Å². The van der Waals surface area contributed by atoms with Crippen LogP contribution in [0.5, 0.6) is 0 Å². The van der Waals surface area contributed by atoms with E-state index >= 15 is 0 Å². The van der Waals surface area contributed by atoms with Gasteiger partial charge in [0.05, 0.1) is 6.61 Å². The van der Waals surface area contributed by atoms with E-state index in [4.69, 9.17) is 4.74 Å². The average Bonchev–Trinajstić information content (AvgIpc) is 3.40. The van der Waals surface area contributed by atoms with Gasteiger partial charge in [-0.15, -0.1) is 10.2 Å². The SMILES string of the molecule is CC(C)(C)c1nnc(NC(=O)CCC(=O)N2CCN(CCOC(c3ccccc3)c3ccccc3)CC2)s1. The maximum Gasteiger partial charge on any atom is 0.226 e. The van der Waals surface area contributed by atoms with E-state index < -0.39 is 0 Å². The fourth-order valence-electron chi connectivity index (χ4n) is 4.30. The van der Waals surface area contributed by atoms with Crippen molar-refractivity contribution in [3.8, 4) is 0 Å². The first-order chi connectivity index (χ1) is 18.3. The number of hydrogen-bond acceptors (Lipinski definition) is 7. The van der Waals surface area contributed by atoms with Gasteiger partial charge >= 0.3 is 0 Å². The van der Waals surface area contributed by atoms with Gasteiger partial charge in [0.15, 0.2) is 0 Å². The molecule has 8 nitrogen and oxygen atoms in total. The first-order valence-corrected chi connectivity index (χ1v) is 14.0. The average molecular weight is 536 g/mol. The lowest BCUT2D eigenvalue weighted by atomic mass is 9.98. The number of ether oxygens (including phenoxy) is 1. The Morgan fingerprint density at radius 2 is 1.53 bits per heavy atom. The highest BCUT2D eigenvalue weighted by atomic mass is 32.1. The van der Waals surface area contributed by atoms with Crippen LogP contribution in [0.2, 0.25) is 0 Å². The molecule has 1 N–H and O–H groups in total. The zero-order chi connectivity index (χ0) is 27.0. The second-order valence-electron chi connectivity index (χ2n) is 10.5. The van der Waals surface area contributed by atoms with Crippen molar-refractivity contribution in [1.82, 2.24) is 20.0 Å². The molecule has 0 bridgehead atoms. The molecule has 2 aromatic carbocycles. The molecule has 1 aliphatic heterocycles. The summed E-state index contributed by atoms with van der Waals surface area (Å²) in [7, 11) is 0. The molecule has 2 amide bonds. The fraction of sp³-hybridized carbons (Fsp3) is 0.448. The van der Waals surface area contributed by atoms with Gasteiger partial charge in [0, 0.05) is 51.0 Å². The molecule has 1 aromatic heterocycles. The maximum absolute atomic E-state index is 12.7. The van der Waals surface area contributed by atoms with Crippen LogP contribution in [-0.4, -0.2) is 71.1 Å². The molecular formula is C29H37N5O3S. The van der Waals surface area contributed by atoms with Crippen molar-refractivity contribution in [2.75, 3.05) is 44.6 Å². The van der Waals surface area contributed by atoms with E-state index in [2.05, 4.69) is 65.5 Å². The minimum atomic E-state index is -0.211. The zero-order valence-electron chi connectivity index (χ0n) is 22.4. The van der Waals surface area contributed by atoms with Gasteiger partial charge in [-0.25, -0.2) is 0 Å². The van der Waals surface area contributed by atoms with Gasteiger partial charge in [-0.3, -0.25) is 14.5 Å². The summed E-state index contributed by atoms with van der Waals surface area (Å²) < 4.78 is 6.35. The number of hydrogen-bond donors (Lipinski definition) is 1. The predicted molar refractivity (Wildman–Crippen MR) is 150 cm³/mol. The van der Waals surface area contributed by atoms with Crippen LogP contribution in [0.1, 0.15) is 55.9 Å². The molecule has 0 spiro atoms. The highest BCUT2D eigenvalue weighted by molar-refractivity contribution is 7.15. The van der Waals surface area contributed by atoms with Crippen LogP contribution < -0.4 is 5.32 Å². The molecule has 4 rings (SSSR count). The molecule has 38 heavy (non-hydrogen) atoms. The largest absolute Gasteiger partial charge is 0.367 e. The van der Waals surface area contributed by atoms with Crippen LogP contribution in [0.25, 0.3) is 0 Å². The van der Waals surface area contributed by atoms with Crippen molar-refractivity contribution in [2.24, 2.45) is 0 Å². The molecule has 0 unspecified atom stereocenters. The lowest BCUT2D eigenvalue weighted by molar-refractivity contribution is -0.134. The number of anilines is 1. The third-order valence-corrected chi connectivity index (χ3v) is 7.76. The van der Waals surface area contributed by atoms with Crippen molar-refractivity contribution in [1.29, 1.82) is 0 Å². The van der Waals surface area contributed by atoms with Gasteiger partial charge in [0.2, 0.25) is 16.9 Å². The highest BCUT2D eigenvalue weighted by Gasteiger charge is 2.23. The normalized spacial score (nSPS) is 14.6. The Morgan fingerprint density at radius 1 is 0.921 bits per heavy atom. The molecule has 0 aliphatic carbocycles. The first kappa shape index (κ1) is 27.9. The van der Waals surface area contributed by atoms with E-state index in [1.807, 2.05) is 41.3 Å². The number of nitrogens with one attached hydrogen (secondary N) is 1. The van der Waals surface area contributed by atoms with E-state index in [1.54, 1.807) is 0 Å². The lowest BCUT2D eigenvalue weighted by Crippen LogP contribution is -2.49. The van der Waals surface area contributed by atoms with Crippen molar-refractivity contribution < 1.29 is 14.3 Å². The Morgan fingerprint density at radius 3 is 2.08 bits per heavy atom. The molecule has 3 aromatic rings. The number of piperazine rings is 1. The Bertz CT molecular complexity index is 1130. The molecule has 202 valence electrons. The predicted octanol–water partition coefficient (Wildman–Crippen LogP) is 4.50. The van der Waals surface area contributed by atoms with Gasteiger partial charge < -0.3 is 15.0 Å². The number of amides is 2. The quantitative estimate of drug-likeness (QED) is 0.411. The van der Waals surface area contributed by atoms with Crippen LogP contribution in [-0.2, 0) is 19.7 Å². The molecule has 2 heterocycles. The smallest absolute Gasteiger partial charge is 0.226 e. The summed E-state index contributed by atoms with van der Waals surface area (Å²) in [6.07, 6.45) is 0.222. The Hall–Kier alpha value is -3.14. The number of carbonyl (C=O) groups is 2. The Kier molecular flexibility index (Phi) is 9.60. The molecule has 1 fully saturated rings. The number of aromatic nitrogens is 2. The van der Waals surface area contributed by atoms with E-state index in [1.165, 1.54) is 11.3 Å². The topological polar surface area (TPSA) is 87.7 Å². The third-order valence-electron chi connectivity index (χ3n) is 6.50. The summed E-state index contributed by atoms with van der Waals surface area (Å²) in [5.74, 6) is -0.200. The molecule has 0 radical (unpaired) electrons. The van der Waals surface area contributed by atoms with Gasteiger partial charge in [-0.1, -0.05) is 92.8 Å². The van der Waals surface area contributed by atoms with Crippen molar-refractivity contribution in [2.45, 2.75) is 45.1 Å². The Labute approximate surface area is 229 Å². The fourth-order valence-corrected chi connectivity index (χ4v) is 5.12. The molecule has 9 heteroatoms. The van der Waals surface area contributed by atoms with E-state index in [9.17, 15) is 9.59 Å². The number of nitrogens with zero attached hydrogens (tertiary/aromatic N) is 4. The maximum atomic E-state index is 12.7. The van der Waals surface area contributed by atoms with Crippen LogP contribution in [0, 0.1) is 0 Å². The van der Waals surface area contributed by atoms with Crippen molar-refractivity contribution in [3.63, 3.8) is 0 Å². The van der Waals surface area contributed by atoms with Gasteiger partial charge in [-0.2, -0.15) is 0 Å². The number of carbonyl (C=O) groups excluding carboxylic acids is 2. The van der Waals surface area contributed by atoms with Crippen molar-refractivity contribution in [3.05, 3.63) is 76.8 Å². The summed E-state index contributed by atoms with van der Waals surface area (Å²) >= 11 is 1.37. The summed E-state index contributed by atoms with van der Waals surface area (Å²) in [4.78, 5) is 29.2. The minimum Gasteiger partial charge on any atom is -0.367 e. The molecule has 0 atom stereocenters. The van der Waals surface area contributed by atoms with E-state index in [0.29, 0.717) is 24.8 Å². The highest BCUT2D eigenvalue weighted by Crippen LogP contribution is 2.28. The summed E-state index contributed by atoms with van der Waals surface area (Å²) in [6.45, 7) is 10.5. The van der Waals surface area contributed by atoms with Crippen LogP contribution in [0.4, 0.5) is 5.13 Å². The van der Waals surface area contributed by atoms with Gasteiger partial charge in [0.25, 0.3) is 0 Å². The zero-order valence-corrected chi connectivity index (χ0v) is 23.2. The second kappa shape index (κ2) is 13.1. The minimum absolute atomic E-state index is 0.0110. The van der Waals surface area contributed by atoms with Crippen LogP contribution >= 0.6 is 11.3 Å². The molecule has 1 saturated heterocycles. The van der Waals surface area contributed by atoms with Crippen LogP contribution in [0.15, 0.2) is 60.7 Å². The first-order valence-electron chi connectivity index (χ1n) is 13.1. The Balaban J connectivity index is 1.17. The lowest BCUT2D eigenvalue weighted by Gasteiger charge is -2.35. The molecule has 0 saturated carbocycles. The van der Waals surface area contributed by atoms with E-state index in [-0.39, 0.29) is 36.2 Å². The summed E-state index contributed by atoms with van der Waals surface area (Å²) in [6, 6.07) is 20.6. The number of benzene rings is 2. The summed E-state index contributed by atoms with van der Waals surface area (Å²) in [5, 5.41) is 12.3. The third kappa shape index (κ3) is 7.93. The van der Waals surface area contributed by atoms with Crippen molar-refractivity contribution >= 4 is 28.3 Å². The van der Waals surface area contributed by atoms with Gasteiger partial charge in [-0.05, 0) is 11.1 Å².